The molecule has 4 aromatic rings. The predicted octanol–water partition coefficient (Wildman–Crippen LogP) is 3.81. The van der Waals surface area contributed by atoms with Crippen molar-refractivity contribution in [2.45, 2.75) is 6.04 Å². The van der Waals surface area contributed by atoms with Crippen molar-refractivity contribution in [3.8, 4) is 5.75 Å². The Balaban J connectivity index is 1.55. The molecule has 1 aromatic carbocycles. The summed E-state index contributed by atoms with van der Waals surface area (Å²) in [5.74, 6) is 0.544. The van der Waals surface area contributed by atoms with Gasteiger partial charge in [0.2, 0.25) is 0 Å². The number of aromatic nitrogens is 2. The van der Waals surface area contributed by atoms with Crippen LogP contribution >= 0.6 is 11.3 Å². The lowest BCUT2D eigenvalue weighted by Gasteiger charge is -2.18. The van der Waals surface area contributed by atoms with Crippen molar-refractivity contribution in [1.29, 1.82) is 0 Å². The molecule has 3 aromatic heterocycles. The molecular weight excluding hydrogens is 386 g/mol. The number of methoxy groups -OCH3 is 1. The number of H-pyrrole nitrogens is 1. The van der Waals surface area contributed by atoms with Crippen LogP contribution in [0.2, 0.25) is 0 Å². The van der Waals surface area contributed by atoms with E-state index in [-0.39, 0.29) is 18.5 Å². The molecule has 0 unspecified atom stereocenters. The van der Waals surface area contributed by atoms with Crippen molar-refractivity contribution in [3.63, 3.8) is 0 Å². The van der Waals surface area contributed by atoms with E-state index in [0.717, 1.165) is 33.7 Å². The number of rotatable bonds is 7. The number of aromatic amines is 1. The van der Waals surface area contributed by atoms with E-state index in [9.17, 15) is 4.79 Å². The minimum Gasteiger partial charge on any atom is -0.497 e. The number of nitrogens with one attached hydrogen (secondary N) is 3. The fourth-order valence-corrected chi connectivity index (χ4v) is 3.91. The van der Waals surface area contributed by atoms with Crippen LogP contribution in [-0.4, -0.2) is 29.5 Å². The second-order valence-electron chi connectivity index (χ2n) is 6.43. The van der Waals surface area contributed by atoms with Gasteiger partial charge in [-0.1, -0.05) is 12.1 Å². The quantitative estimate of drug-likeness (QED) is 0.373. The predicted molar refractivity (Wildman–Crippen MR) is 116 cm³/mol. The molecule has 0 aliphatic carbocycles. The molecule has 0 spiro atoms. The topological polar surface area (TPSA) is 105 Å². The summed E-state index contributed by atoms with van der Waals surface area (Å²) in [6.45, 7) is 0.279. The van der Waals surface area contributed by atoms with Crippen LogP contribution in [0.25, 0.3) is 11.0 Å². The van der Waals surface area contributed by atoms with Crippen molar-refractivity contribution in [2.24, 2.45) is 5.73 Å². The van der Waals surface area contributed by atoms with Crippen molar-refractivity contribution >= 4 is 39.7 Å². The van der Waals surface area contributed by atoms with E-state index >= 15 is 0 Å². The maximum absolute atomic E-state index is 13.0. The summed E-state index contributed by atoms with van der Waals surface area (Å²) in [6.07, 6.45) is 3.56. The van der Waals surface area contributed by atoms with Gasteiger partial charge in [0, 0.05) is 24.3 Å². The molecule has 5 N–H and O–H groups in total. The lowest BCUT2D eigenvalue weighted by atomic mass is 10.1. The average molecular weight is 407 g/mol. The number of ether oxygens (including phenoxy) is 1. The zero-order valence-electron chi connectivity index (χ0n) is 15.8. The molecule has 29 heavy (non-hydrogen) atoms. The first-order chi connectivity index (χ1) is 14.2. The third-order valence-corrected chi connectivity index (χ3v) is 5.55. The second kappa shape index (κ2) is 8.34. The van der Waals surface area contributed by atoms with Gasteiger partial charge in [-0.25, -0.2) is 4.98 Å². The third-order valence-electron chi connectivity index (χ3n) is 4.64. The number of benzene rings is 1. The molecule has 7 nitrogen and oxygen atoms in total. The Labute approximate surface area is 171 Å². The van der Waals surface area contributed by atoms with E-state index in [2.05, 4.69) is 20.6 Å². The lowest BCUT2D eigenvalue weighted by molar-refractivity contribution is 0.0942. The van der Waals surface area contributed by atoms with Gasteiger partial charge in [0.1, 0.15) is 16.3 Å². The number of pyridine rings is 1. The number of thiophene rings is 1. The molecule has 0 bridgehead atoms. The molecule has 8 heteroatoms. The standard InChI is InChI=1S/C21H21N5O2S/c1-28-14-4-2-3-13(11-14)18(12-22)26-21(27)19-17(7-10-29-19)25-16-6-9-24-20-15(16)5-8-23-20/h2-11,18H,12,22H2,1H3,(H,26,27)(H2,23,24,25)/t18-/m1/s1. The van der Waals surface area contributed by atoms with E-state index in [1.54, 1.807) is 13.3 Å². The second-order valence-corrected chi connectivity index (χ2v) is 7.34. The van der Waals surface area contributed by atoms with Crippen LogP contribution < -0.4 is 21.1 Å². The molecule has 0 aliphatic rings. The molecule has 3 heterocycles. The highest BCUT2D eigenvalue weighted by molar-refractivity contribution is 7.12. The SMILES string of the molecule is COc1cccc([C@@H](CN)NC(=O)c2sccc2Nc2ccnc3[nH]ccc23)c1. The van der Waals surface area contributed by atoms with Crippen LogP contribution in [-0.2, 0) is 0 Å². The highest BCUT2D eigenvalue weighted by atomic mass is 32.1. The Hall–Kier alpha value is -3.36. The van der Waals surface area contributed by atoms with Gasteiger partial charge in [-0.3, -0.25) is 4.79 Å². The van der Waals surface area contributed by atoms with E-state index in [1.165, 1.54) is 11.3 Å². The fraction of sp³-hybridized carbons (Fsp3) is 0.143. The van der Waals surface area contributed by atoms with Gasteiger partial charge in [0.15, 0.2) is 0 Å². The van der Waals surface area contributed by atoms with Gasteiger partial charge >= 0.3 is 0 Å². The Kier molecular flexibility index (Phi) is 5.46. The first-order valence-corrected chi connectivity index (χ1v) is 9.99. The van der Waals surface area contributed by atoms with Crippen LogP contribution in [0.15, 0.2) is 60.2 Å². The first-order valence-electron chi connectivity index (χ1n) is 9.11. The molecule has 0 radical (unpaired) electrons. The average Bonchev–Trinajstić information content (AvgIpc) is 3.42. The maximum atomic E-state index is 13.0. The van der Waals surface area contributed by atoms with Gasteiger partial charge < -0.3 is 26.1 Å². The number of carbonyl (C=O) groups excluding carboxylic acids is 1. The molecule has 4 rings (SSSR count). The summed E-state index contributed by atoms with van der Waals surface area (Å²) in [5.41, 5.74) is 9.24. The fourth-order valence-electron chi connectivity index (χ4n) is 3.16. The van der Waals surface area contributed by atoms with E-state index < -0.39 is 0 Å². The monoisotopic (exact) mass is 407 g/mol. The Morgan fingerprint density at radius 1 is 1.28 bits per heavy atom. The van der Waals surface area contributed by atoms with E-state index in [0.29, 0.717) is 4.88 Å². The highest BCUT2D eigenvalue weighted by Gasteiger charge is 2.19. The number of fused-ring (bicyclic) bond motifs is 1. The number of hydrogen-bond donors (Lipinski definition) is 4. The summed E-state index contributed by atoms with van der Waals surface area (Å²) in [6, 6.07) is 13.0. The van der Waals surface area contributed by atoms with Crippen molar-refractivity contribution in [2.75, 3.05) is 19.0 Å². The molecule has 0 saturated carbocycles. The Bertz CT molecular complexity index is 1140. The zero-order chi connectivity index (χ0) is 20.2. The number of hydrogen-bond acceptors (Lipinski definition) is 6. The maximum Gasteiger partial charge on any atom is 0.264 e. The minimum atomic E-state index is -0.315. The van der Waals surface area contributed by atoms with E-state index in [4.69, 9.17) is 10.5 Å². The number of anilines is 2. The number of nitrogens with zero attached hydrogens (tertiary/aromatic N) is 1. The van der Waals surface area contributed by atoms with Crippen molar-refractivity contribution in [3.05, 3.63) is 70.7 Å². The van der Waals surface area contributed by atoms with Crippen LogP contribution in [0, 0.1) is 0 Å². The van der Waals surface area contributed by atoms with Gasteiger partial charge in [0.05, 0.1) is 24.5 Å². The van der Waals surface area contributed by atoms with Gasteiger partial charge in [-0.05, 0) is 41.3 Å². The van der Waals surface area contributed by atoms with Gasteiger partial charge in [-0.15, -0.1) is 11.3 Å². The molecule has 0 fully saturated rings. The molecule has 0 aliphatic heterocycles. The minimum absolute atomic E-state index is 0.180. The summed E-state index contributed by atoms with van der Waals surface area (Å²) in [5, 5.41) is 9.22. The molecular formula is C21H21N5O2S. The van der Waals surface area contributed by atoms with E-state index in [1.807, 2.05) is 54.0 Å². The molecule has 0 saturated heterocycles. The number of carbonyl (C=O) groups is 1. The normalized spacial score (nSPS) is 11.9. The largest absolute Gasteiger partial charge is 0.497 e. The Morgan fingerprint density at radius 3 is 3.00 bits per heavy atom. The summed E-state index contributed by atoms with van der Waals surface area (Å²) in [7, 11) is 1.61. The van der Waals surface area contributed by atoms with Crippen LogP contribution in [0.4, 0.5) is 11.4 Å². The molecule has 1 atom stereocenters. The number of amides is 1. The van der Waals surface area contributed by atoms with Crippen LogP contribution in [0.1, 0.15) is 21.3 Å². The highest BCUT2D eigenvalue weighted by Crippen LogP contribution is 2.30. The van der Waals surface area contributed by atoms with Crippen molar-refractivity contribution in [1.82, 2.24) is 15.3 Å². The summed E-state index contributed by atoms with van der Waals surface area (Å²) in [4.78, 5) is 20.9. The van der Waals surface area contributed by atoms with Gasteiger partial charge in [-0.2, -0.15) is 0 Å². The Morgan fingerprint density at radius 2 is 2.17 bits per heavy atom. The van der Waals surface area contributed by atoms with Crippen LogP contribution in [0.3, 0.4) is 0 Å². The summed E-state index contributed by atoms with van der Waals surface area (Å²) >= 11 is 1.38. The van der Waals surface area contributed by atoms with Crippen molar-refractivity contribution < 1.29 is 9.53 Å². The molecule has 1 amide bonds. The zero-order valence-corrected chi connectivity index (χ0v) is 16.6. The third kappa shape index (κ3) is 3.94. The first kappa shape index (κ1) is 19.0. The smallest absolute Gasteiger partial charge is 0.264 e. The molecule has 148 valence electrons. The lowest BCUT2D eigenvalue weighted by Crippen LogP contribution is -2.33. The number of nitrogens with two attached hydrogens (primary N) is 1. The van der Waals surface area contributed by atoms with Gasteiger partial charge in [0.25, 0.3) is 5.91 Å². The summed E-state index contributed by atoms with van der Waals surface area (Å²) < 4.78 is 5.27. The van der Waals surface area contributed by atoms with Crippen LogP contribution in [0.5, 0.6) is 5.75 Å².